The molecule has 0 saturated heterocycles. The second-order valence-electron chi connectivity index (χ2n) is 5.82. The van der Waals surface area contributed by atoms with Gasteiger partial charge in [-0.1, -0.05) is 35.9 Å². The molecule has 8 nitrogen and oxygen atoms in total. The topological polar surface area (TPSA) is 102 Å². The number of hydrogen-bond donors (Lipinski definition) is 2. The van der Waals surface area contributed by atoms with Gasteiger partial charge < -0.3 is 10.6 Å². The Hall–Kier alpha value is -3.55. The predicted octanol–water partition coefficient (Wildman–Crippen LogP) is 2.25. The minimum atomic E-state index is -0.294. The van der Waals surface area contributed by atoms with Crippen LogP contribution in [0.2, 0.25) is 0 Å². The lowest BCUT2D eigenvalue weighted by Gasteiger charge is -2.07. The largest absolute Gasteiger partial charge is 0.326 e. The van der Waals surface area contributed by atoms with Crippen molar-refractivity contribution < 1.29 is 9.59 Å². The van der Waals surface area contributed by atoms with Crippen molar-refractivity contribution in [3.8, 4) is 11.4 Å². The molecule has 0 atom stereocenters. The summed E-state index contributed by atoms with van der Waals surface area (Å²) >= 11 is 0. The Kier molecular flexibility index (Phi) is 5.02. The smallest absolute Gasteiger partial charge is 0.248 e. The third-order valence-corrected chi connectivity index (χ3v) is 3.51. The van der Waals surface area contributed by atoms with Crippen molar-refractivity contribution in [1.29, 1.82) is 0 Å². The maximum Gasteiger partial charge on any atom is 0.248 e. The lowest BCUT2D eigenvalue weighted by Crippen LogP contribution is -2.20. The molecule has 2 amide bonds. The van der Waals surface area contributed by atoms with Crippen LogP contribution in [0.4, 0.5) is 11.4 Å². The Balaban J connectivity index is 1.64. The van der Waals surface area contributed by atoms with Crippen molar-refractivity contribution in [2.45, 2.75) is 20.4 Å². The van der Waals surface area contributed by atoms with E-state index >= 15 is 0 Å². The number of nitrogens with zero attached hydrogens (tertiary/aromatic N) is 4. The zero-order valence-electron chi connectivity index (χ0n) is 14.4. The van der Waals surface area contributed by atoms with E-state index in [1.54, 1.807) is 24.3 Å². The highest BCUT2D eigenvalue weighted by atomic mass is 16.2. The van der Waals surface area contributed by atoms with Crippen LogP contribution in [0.1, 0.15) is 12.5 Å². The molecule has 0 radical (unpaired) electrons. The van der Waals surface area contributed by atoms with Gasteiger partial charge in [0.2, 0.25) is 17.6 Å². The average molecular weight is 350 g/mol. The summed E-state index contributed by atoms with van der Waals surface area (Å²) in [6, 6.07) is 14.6. The van der Waals surface area contributed by atoms with E-state index < -0.39 is 0 Å². The molecule has 8 heteroatoms. The number of tetrazole rings is 1. The number of hydrogen-bond acceptors (Lipinski definition) is 5. The summed E-state index contributed by atoms with van der Waals surface area (Å²) in [6.07, 6.45) is 0. The molecular weight excluding hydrogens is 332 g/mol. The van der Waals surface area contributed by atoms with Crippen LogP contribution in [-0.4, -0.2) is 32.0 Å². The molecular formula is C18H18N6O2. The normalized spacial score (nSPS) is 10.4. The van der Waals surface area contributed by atoms with E-state index in [0.717, 1.165) is 11.1 Å². The Morgan fingerprint density at radius 1 is 1.04 bits per heavy atom. The third kappa shape index (κ3) is 4.50. The van der Waals surface area contributed by atoms with E-state index in [1.165, 1.54) is 11.7 Å². The fourth-order valence-corrected chi connectivity index (χ4v) is 2.34. The van der Waals surface area contributed by atoms with E-state index in [1.807, 2.05) is 31.2 Å². The van der Waals surface area contributed by atoms with Gasteiger partial charge in [-0.25, -0.2) is 0 Å². The number of nitrogens with one attached hydrogen (secondary N) is 2. The highest BCUT2D eigenvalue weighted by molar-refractivity contribution is 5.93. The first-order chi connectivity index (χ1) is 12.5. The maximum absolute atomic E-state index is 12.2. The van der Waals surface area contributed by atoms with Gasteiger partial charge >= 0.3 is 0 Å². The summed E-state index contributed by atoms with van der Waals surface area (Å²) in [7, 11) is 0. The summed E-state index contributed by atoms with van der Waals surface area (Å²) in [6.45, 7) is 3.36. The Morgan fingerprint density at radius 3 is 2.42 bits per heavy atom. The van der Waals surface area contributed by atoms with Crippen LogP contribution in [0.15, 0.2) is 48.5 Å². The monoisotopic (exact) mass is 350 g/mol. The van der Waals surface area contributed by atoms with E-state index in [2.05, 4.69) is 26.0 Å². The molecule has 0 aliphatic carbocycles. The average Bonchev–Trinajstić information content (AvgIpc) is 3.03. The van der Waals surface area contributed by atoms with Gasteiger partial charge in [-0.2, -0.15) is 4.80 Å². The van der Waals surface area contributed by atoms with Gasteiger partial charge in [0.05, 0.1) is 0 Å². The molecule has 0 aliphatic heterocycles. The van der Waals surface area contributed by atoms with E-state index in [0.29, 0.717) is 17.2 Å². The minimum Gasteiger partial charge on any atom is -0.326 e. The predicted molar refractivity (Wildman–Crippen MR) is 97.4 cm³/mol. The number of anilines is 2. The molecule has 0 saturated carbocycles. The Bertz CT molecular complexity index is 933. The highest BCUT2D eigenvalue weighted by Gasteiger charge is 2.10. The molecule has 0 bridgehead atoms. The van der Waals surface area contributed by atoms with Crippen molar-refractivity contribution in [3.05, 3.63) is 54.1 Å². The van der Waals surface area contributed by atoms with Crippen LogP contribution in [0.3, 0.4) is 0 Å². The standard InChI is InChI=1S/C18H18N6O2/c1-12-6-8-14(9-7-12)18-21-23-24(22-18)11-17(26)20-16-5-3-4-15(10-16)19-13(2)25/h3-10H,11H2,1-2H3,(H,19,25)(H,20,26). The lowest BCUT2D eigenvalue weighted by molar-refractivity contribution is -0.117. The SMILES string of the molecule is CC(=O)Nc1cccc(NC(=O)Cn2nnc(-c3ccc(C)cc3)n2)c1. The second-order valence-corrected chi connectivity index (χ2v) is 5.82. The van der Waals surface area contributed by atoms with Crippen LogP contribution < -0.4 is 10.6 Å². The zero-order valence-corrected chi connectivity index (χ0v) is 14.4. The number of rotatable bonds is 5. The molecule has 132 valence electrons. The number of carbonyl (C=O) groups is 2. The lowest BCUT2D eigenvalue weighted by atomic mass is 10.1. The first-order valence-electron chi connectivity index (χ1n) is 8.02. The van der Waals surface area contributed by atoms with E-state index in [-0.39, 0.29) is 18.4 Å². The van der Waals surface area contributed by atoms with Gasteiger partial charge in [0.1, 0.15) is 6.54 Å². The summed E-state index contributed by atoms with van der Waals surface area (Å²) in [5.41, 5.74) is 3.16. The van der Waals surface area contributed by atoms with Gasteiger partial charge in [-0.15, -0.1) is 10.2 Å². The molecule has 26 heavy (non-hydrogen) atoms. The second kappa shape index (κ2) is 7.56. The zero-order chi connectivity index (χ0) is 18.5. The number of amides is 2. The Morgan fingerprint density at radius 2 is 1.73 bits per heavy atom. The summed E-state index contributed by atoms with van der Waals surface area (Å²) < 4.78 is 0. The molecule has 1 heterocycles. The quantitative estimate of drug-likeness (QED) is 0.735. The first-order valence-corrected chi connectivity index (χ1v) is 8.02. The molecule has 3 rings (SSSR count). The minimum absolute atomic E-state index is 0.0662. The van der Waals surface area contributed by atoms with Gasteiger partial charge in [-0.3, -0.25) is 9.59 Å². The number of benzene rings is 2. The number of aromatic nitrogens is 4. The van der Waals surface area contributed by atoms with Crippen LogP contribution in [0.25, 0.3) is 11.4 Å². The molecule has 0 unspecified atom stereocenters. The van der Waals surface area contributed by atoms with Crippen LogP contribution in [0, 0.1) is 6.92 Å². The summed E-state index contributed by atoms with van der Waals surface area (Å²) in [5.74, 6) is -0.00721. The molecule has 0 aliphatic rings. The van der Waals surface area contributed by atoms with Crippen molar-refractivity contribution >= 4 is 23.2 Å². The van der Waals surface area contributed by atoms with Crippen molar-refractivity contribution in [1.82, 2.24) is 20.2 Å². The molecule has 1 aromatic heterocycles. The Labute approximate surface area is 150 Å². The highest BCUT2D eigenvalue weighted by Crippen LogP contribution is 2.16. The molecule has 2 N–H and O–H groups in total. The first kappa shape index (κ1) is 17.3. The molecule has 0 spiro atoms. The molecule has 3 aromatic rings. The summed E-state index contributed by atoms with van der Waals surface area (Å²) in [4.78, 5) is 24.5. The van der Waals surface area contributed by atoms with Crippen LogP contribution in [-0.2, 0) is 16.1 Å². The van der Waals surface area contributed by atoms with Crippen molar-refractivity contribution in [2.24, 2.45) is 0 Å². The van der Waals surface area contributed by atoms with Gasteiger partial charge in [0.25, 0.3) is 0 Å². The van der Waals surface area contributed by atoms with E-state index in [4.69, 9.17) is 0 Å². The maximum atomic E-state index is 12.2. The van der Waals surface area contributed by atoms with Crippen molar-refractivity contribution in [3.63, 3.8) is 0 Å². The fraction of sp³-hybridized carbons (Fsp3) is 0.167. The number of aryl methyl sites for hydroxylation is 1. The molecule has 2 aromatic carbocycles. The van der Waals surface area contributed by atoms with Crippen LogP contribution >= 0.6 is 0 Å². The third-order valence-electron chi connectivity index (χ3n) is 3.51. The summed E-state index contributed by atoms with van der Waals surface area (Å²) in [5, 5.41) is 17.5. The number of carbonyl (C=O) groups excluding carboxylic acids is 2. The molecule has 0 fully saturated rings. The van der Waals surface area contributed by atoms with Gasteiger partial charge in [0.15, 0.2) is 0 Å². The van der Waals surface area contributed by atoms with E-state index in [9.17, 15) is 9.59 Å². The van der Waals surface area contributed by atoms with Crippen LogP contribution in [0.5, 0.6) is 0 Å². The van der Waals surface area contributed by atoms with Crippen molar-refractivity contribution in [2.75, 3.05) is 10.6 Å². The van der Waals surface area contributed by atoms with Gasteiger partial charge in [0, 0.05) is 23.9 Å². The fourth-order valence-electron chi connectivity index (χ4n) is 2.34. The van der Waals surface area contributed by atoms with Gasteiger partial charge in [-0.05, 0) is 30.3 Å².